The summed E-state index contributed by atoms with van der Waals surface area (Å²) in [6, 6.07) is 5.88. The molecule has 8 heteroatoms. The third-order valence-corrected chi connectivity index (χ3v) is 4.04. The number of benzene rings is 1. The van der Waals surface area contributed by atoms with Gasteiger partial charge in [0, 0.05) is 36.1 Å². The van der Waals surface area contributed by atoms with Gasteiger partial charge in [0.15, 0.2) is 0 Å². The van der Waals surface area contributed by atoms with Crippen LogP contribution in [0.5, 0.6) is 0 Å². The van der Waals surface area contributed by atoms with Crippen molar-refractivity contribution in [2.45, 2.75) is 12.5 Å². The van der Waals surface area contributed by atoms with Crippen LogP contribution in [0, 0.1) is 11.6 Å². The summed E-state index contributed by atoms with van der Waals surface area (Å²) in [5.74, 6) is -1.40. The molecule has 1 aromatic carbocycles. The Bertz CT molecular complexity index is 909. The van der Waals surface area contributed by atoms with Crippen molar-refractivity contribution >= 4 is 5.91 Å². The second kappa shape index (κ2) is 6.04. The highest BCUT2D eigenvalue weighted by atomic mass is 19.1. The Labute approximate surface area is 141 Å². The molecule has 126 valence electrons. The first kappa shape index (κ1) is 15.4. The van der Waals surface area contributed by atoms with Crippen molar-refractivity contribution in [3.8, 4) is 11.4 Å². The SMILES string of the molecule is O=C(c1cc(F)cc(F)c1)N1CC[C@H]1c1nc(-c2cccnc2)no1. The lowest BCUT2D eigenvalue weighted by Crippen LogP contribution is -2.45. The van der Waals surface area contributed by atoms with Crippen molar-refractivity contribution in [3.63, 3.8) is 0 Å². The molecular weight excluding hydrogens is 330 g/mol. The van der Waals surface area contributed by atoms with Crippen molar-refractivity contribution in [1.82, 2.24) is 20.0 Å². The standard InChI is InChI=1S/C17H12F2N4O2/c18-12-6-11(7-13(19)8-12)17(24)23-5-3-14(23)16-21-15(22-25-16)10-2-1-4-20-9-10/h1-2,4,6-9,14H,3,5H2/t14-/m0/s1. The van der Waals surface area contributed by atoms with Gasteiger partial charge in [-0.3, -0.25) is 9.78 Å². The van der Waals surface area contributed by atoms with E-state index in [2.05, 4.69) is 15.1 Å². The van der Waals surface area contributed by atoms with Crippen molar-refractivity contribution in [3.05, 3.63) is 65.8 Å². The third-order valence-electron chi connectivity index (χ3n) is 4.04. The zero-order chi connectivity index (χ0) is 17.4. The molecule has 0 radical (unpaired) electrons. The normalized spacial score (nSPS) is 16.6. The van der Waals surface area contributed by atoms with E-state index in [-0.39, 0.29) is 11.5 Å². The number of likely N-dealkylation sites (tertiary alicyclic amines) is 1. The zero-order valence-electron chi connectivity index (χ0n) is 12.9. The Morgan fingerprint density at radius 3 is 2.68 bits per heavy atom. The molecular formula is C17H12F2N4O2. The van der Waals surface area contributed by atoms with Gasteiger partial charge in [-0.1, -0.05) is 5.16 Å². The average molecular weight is 342 g/mol. The quantitative estimate of drug-likeness (QED) is 0.732. The Balaban J connectivity index is 1.56. The molecule has 1 atom stereocenters. The predicted molar refractivity (Wildman–Crippen MR) is 82.3 cm³/mol. The van der Waals surface area contributed by atoms with Crippen LogP contribution in [-0.2, 0) is 0 Å². The van der Waals surface area contributed by atoms with Crippen molar-refractivity contribution in [1.29, 1.82) is 0 Å². The summed E-state index contributed by atoms with van der Waals surface area (Å²) < 4.78 is 31.9. The van der Waals surface area contributed by atoms with Crippen LogP contribution in [0.1, 0.15) is 28.7 Å². The summed E-state index contributed by atoms with van der Waals surface area (Å²) >= 11 is 0. The van der Waals surface area contributed by atoms with E-state index < -0.39 is 23.6 Å². The lowest BCUT2D eigenvalue weighted by Gasteiger charge is -2.38. The lowest BCUT2D eigenvalue weighted by atomic mass is 10.0. The predicted octanol–water partition coefficient (Wildman–Crippen LogP) is 3.00. The fourth-order valence-electron chi connectivity index (χ4n) is 2.71. The minimum Gasteiger partial charge on any atom is -0.337 e. The van der Waals surface area contributed by atoms with E-state index in [4.69, 9.17) is 4.52 Å². The summed E-state index contributed by atoms with van der Waals surface area (Å²) in [5.41, 5.74) is 0.649. The first-order valence-corrected chi connectivity index (χ1v) is 7.63. The molecule has 0 N–H and O–H groups in total. The zero-order valence-corrected chi connectivity index (χ0v) is 12.9. The number of pyridine rings is 1. The fourth-order valence-corrected chi connectivity index (χ4v) is 2.71. The van der Waals surface area contributed by atoms with Gasteiger partial charge in [0.05, 0.1) is 0 Å². The molecule has 1 saturated heterocycles. The van der Waals surface area contributed by atoms with Crippen LogP contribution in [0.4, 0.5) is 8.78 Å². The highest BCUT2D eigenvalue weighted by Crippen LogP contribution is 2.34. The Hall–Kier alpha value is -3.16. The van der Waals surface area contributed by atoms with E-state index in [1.165, 1.54) is 4.90 Å². The third kappa shape index (κ3) is 2.86. The molecule has 2 aromatic heterocycles. The number of aromatic nitrogens is 3. The van der Waals surface area contributed by atoms with Gasteiger partial charge in [0.25, 0.3) is 5.91 Å². The minimum absolute atomic E-state index is 0.0470. The van der Waals surface area contributed by atoms with Crippen molar-refractivity contribution < 1.29 is 18.1 Å². The summed E-state index contributed by atoms with van der Waals surface area (Å²) in [4.78, 5) is 22.2. The first-order valence-electron chi connectivity index (χ1n) is 7.63. The molecule has 3 heterocycles. The molecule has 6 nitrogen and oxygen atoms in total. The van der Waals surface area contributed by atoms with Gasteiger partial charge < -0.3 is 9.42 Å². The van der Waals surface area contributed by atoms with Crippen LogP contribution in [-0.4, -0.2) is 32.5 Å². The smallest absolute Gasteiger partial charge is 0.254 e. The Morgan fingerprint density at radius 1 is 1.24 bits per heavy atom. The van der Waals surface area contributed by atoms with Crippen LogP contribution in [0.3, 0.4) is 0 Å². The molecule has 4 rings (SSSR count). The van der Waals surface area contributed by atoms with E-state index >= 15 is 0 Å². The second-order valence-electron chi connectivity index (χ2n) is 5.66. The summed E-state index contributed by atoms with van der Waals surface area (Å²) in [5, 5.41) is 3.90. The molecule has 0 spiro atoms. The van der Waals surface area contributed by atoms with Gasteiger partial charge in [0.1, 0.15) is 17.7 Å². The van der Waals surface area contributed by atoms with E-state index in [1.807, 2.05) is 0 Å². The summed E-state index contributed by atoms with van der Waals surface area (Å²) in [6.45, 7) is 0.451. The topological polar surface area (TPSA) is 72.1 Å². The summed E-state index contributed by atoms with van der Waals surface area (Å²) in [7, 11) is 0. The van der Waals surface area contributed by atoms with Gasteiger partial charge in [-0.2, -0.15) is 4.98 Å². The number of nitrogens with zero attached hydrogens (tertiary/aromatic N) is 4. The number of halogens is 2. The van der Waals surface area contributed by atoms with Gasteiger partial charge >= 0.3 is 0 Å². The van der Waals surface area contributed by atoms with Gasteiger partial charge in [-0.15, -0.1) is 0 Å². The number of rotatable bonds is 3. The number of hydrogen-bond donors (Lipinski definition) is 0. The van der Waals surface area contributed by atoms with Crippen molar-refractivity contribution in [2.75, 3.05) is 6.54 Å². The molecule has 1 aliphatic rings. The van der Waals surface area contributed by atoms with Crippen LogP contribution < -0.4 is 0 Å². The molecule has 1 fully saturated rings. The number of amides is 1. The van der Waals surface area contributed by atoms with Crippen LogP contribution in [0.15, 0.2) is 47.2 Å². The number of carbonyl (C=O) groups is 1. The first-order chi connectivity index (χ1) is 12.1. The second-order valence-corrected chi connectivity index (χ2v) is 5.66. The largest absolute Gasteiger partial charge is 0.337 e. The van der Waals surface area contributed by atoms with E-state index in [0.717, 1.165) is 18.2 Å². The Kier molecular flexibility index (Phi) is 3.72. The van der Waals surface area contributed by atoms with Gasteiger partial charge in [-0.05, 0) is 30.7 Å². The van der Waals surface area contributed by atoms with Gasteiger partial charge in [-0.25, -0.2) is 8.78 Å². The highest BCUT2D eigenvalue weighted by Gasteiger charge is 2.38. The Morgan fingerprint density at radius 2 is 2.04 bits per heavy atom. The monoisotopic (exact) mass is 342 g/mol. The van der Waals surface area contributed by atoms with E-state index in [0.29, 0.717) is 24.4 Å². The maximum atomic E-state index is 13.3. The van der Waals surface area contributed by atoms with Crippen molar-refractivity contribution in [2.24, 2.45) is 0 Å². The molecule has 0 saturated carbocycles. The lowest BCUT2D eigenvalue weighted by molar-refractivity contribution is 0.0378. The van der Waals surface area contributed by atoms with Crippen LogP contribution >= 0.6 is 0 Å². The maximum Gasteiger partial charge on any atom is 0.254 e. The maximum absolute atomic E-state index is 13.3. The number of carbonyl (C=O) groups excluding carboxylic acids is 1. The molecule has 0 unspecified atom stereocenters. The average Bonchev–Trinajstić information content (AvgIpc) is 3.03. The van der Waals surface area contributed by atoms with E-state index in [1.54, 1.807) is 24.5 Å². The van der Waals surface area contributed by atoms with Crippen LogP contribution in [0.25, 0.3) is 11.4 Å². The van der Waals surface area contributed by atoms with Gasteiger partial charge in [0.2, 0.25) is 11.7 Å². The molecule has 3 aromatic rings. The van der Waals surface area contributed by atoms with E-state index in [9.17, 15) is 13.6 Å². The molecule has 1 amide bonds. The minimum atomic E-state index is -0.794. The fraction of sp³-hybridized carbons (Fsp3) is 0.176. The molecule has 1 aliphatic heterocycles. The highest BCUT2D eigenvalue weighted by molar-refractivity contribution is 5.95. The molecule has 25 heavy (non-hydrogen) atoms. The molecule has 0 bridgehead atoms. The molecule has 0 aliphatic carbocycles. The summed E-state index contributed by atoms with van der Waals surface area (Å²) in [6.07, 6.45) is 3.88. The van der Waals surface area contributed by atoms with Crippen LogP contribution in [0.2, 0.25) is 0 Å². The number of hydrogen-bond acceptors (Lipinski definition) is 5.